The van der Waals surface area contributed by atoms with Crippen LogP contribution in [0, 0.1) is 12.7 Å². The van der Waals surface area contributed by atoms with Gasteiger partial charge in [-0.25, -0.2) is 14.2 Å². The van der Waals surface area contributed by atoms with E-state index in [9.17, 15) is 14.0 Å². The van der Waals surface area contributed by atoms with Crippen molar-refractivity contribution < 1.29 is 23.4 Å². The lowest BCUT2D eigenvalue weighted by molar-refractivity contribution is -0.139. The van der Waals surface area contributed by atoms with Gasteiger partial charge in [-0.05, 0) is 67.8 Å². The summed E-state index contributed by atoms with van der Waals surface area (Å²) >= 11 is 1.30. The first-order valence-electron chi connectivity index (χ1n) is 15.3. The summed E-state index contributed by atoms with van der Waals surface area (Å²) in [5, 5.41) is 0.999. The maximum atomic E-state index is 14.4. The predicted molar refractivity (Wildman–Crippen MR) is 174 cm³/mol. The molecule has 2 aromatic heterocycles. The highest BCUT2D eigenvalue weighted by Crippen LogP contribution is 2.39. The largest absolute Gasteiger partial charge is 0.463 e. The van der Waals surface area contributed by atoms with Gasteiger partial charge in [0.15, 0.2) is 16.3 Å². The van der Waals surface area contributed by atoms with Gasteiger partial charge < -0.3 is 18.8 Å². The minimum absolute atomic E-state index is 0.108. The molecule has 10 heteroatoms. The van der Waals surface area contributed by atoms with Gasteiger partial charge in [0.2, 0.25) is 6.79 Å². The molecule has 234 valence electrons. The zero-order valence-corrected chi connectivity index (χ0v) is 26.5. The molecule has 0 radical (unpaired) electrons. The van der Waals surface area contributed by atoms with Crippen LogP contribution < -0.4 is 24.4 Å². The summed E-state index contributed by atoms with van der Waals surface area (Å²) in [6.45, 7) is 6.67. The Morgan fingerprint density at radius 2 is 1.87 bits per heavy atom. The first-order chi connectivity index (χ1) is 22.4. The van der Waals surface area contributed by atoms with Crippen LogP contribution in [0.25, 0.3) is 17.0 Å². The number of para-hydroxylation sites is 1. The summed E-state index contributed by atoms with van der Waals surface area (Å²) in [4.78, 5) is 33.4. The minimum Gasteiger partial charge on any atom is -0.463 e. The summed E-state index contributed by atoms with van der Waals surface area (Å²) in [6, 6.07) is 19.3. The first kappa shape index (κ1) is 29.7. The highest BCUT2D eigenvalue weighted by Gasteiger charge is 2.35. The Labute approximate surface area is 268 Å². The molecule has 0 amide bonds. The summed E-state index contributed by atoms with van der Waals surface area (Å²) in [7, 11) is 0. The Bertz CT molecular complexity index is 2210. The van der Waals surface area contributed by atoms with Crippen molar-refractivity contribution in [2.75, 3.05) is 13.4 Å². The fourth-order valence-electron chi connectivity index (χ4n) is 6.27. The third-order valence-electron chi connectivity index (χ3n) is 8.41. The molecule has 0 saturated carbocycles. The zero-order valence-electron chi connectivity index (χ0n) is 25.7. The normalized spacial score (nSPS) is 15.7. The van der Waals surface area contributed by atoms with Gasteiger partial charge in [0.1, 0.15) is 5.82 Å². The molecule has 7 rings (SSSR count). The second-order valence-corrected chi connectivity index (χ2v) is 12.3. The Morgan fingerprint density at radius 1 is 1.09 bits per heavy atom. The molecule has 5 aromatic rings. The number of rotatable bonds is 8. The lowest BCUT2D eigenvalue weighted by atomic mass is 9.94. The number of aromatic nitrogens is 2. The van der Waals surface area contributed by atoms with Crippen molar-refractivity contribution in [1.29, 1.82) is 0 Å². The zero-order chi connectivity index (χ0) is 31.9. The van der Waals surface area contributed by atoms with Crippen molar-refractivity contribution in [3.05, 3.63) is 126 Å². The van der Waals surface area contributed by atoms with Crippen molar-refractivity contribution in [1.82, 2.24) is 9.13 Å². The van der Waals surface area contributed by atoms with Gasteiger partial charge in [-0.15, -0.1) is 0 Å². The summed E-state index contributed by atoms with van der Waals surface area (Å²) in [6.07, 6.45) is 3.24. The van der Waals surface area contributed by atoms with Crippen LogP contribution in [-0.2, 0) is 16.1 Å². The maximum absolute atomic E-state index is 14.4. The van der Waals surface area contributed by atoms with Crippen LogP contribution in [0.2, 0.25) is 0 Å². The van der Waals surface area contributed by atoms with E-state index in [1.165, 1.54) is 23.5 Å². The Kier molecular flexibility index (Phi) is 7.82. The van der Waals surface area contributed by atoms with E-state index in [2.05, 4.69) is 4.57 Å². The Morgan fingerprint density at radius 3 is 2.65 bits per heavy atom. The van der Waals surface area contributed by atoms with Crippen LogP contribution in [0.4, 0.5) is 4.39 Å². The second-order valence-electron chi connectivity index (χ2n) is 11.3. The molecule has 3 aromatic carbocycles. The number of nitrogens with zero attached hydrogens (tertiary/aromatic N) is 3. The lowest BCUT2D eigenvalue weighted by Crippen LogP contribution is -2.40. The molecular formula is C36H32FN3O5S. The molecule has 0 aliphatic carbocycles. The van der Waals surface area contributed by atoms with E-state index in [0.29, 0.717) is 50.6 Å². The van der Waals surface area contributed by atoms with Crippen molar-refractivity contribution in [3.8, 4) is 11.5 Å². The van der Waals surface area contributed by atoms with E-state index in [1.807, 2.05) is 56.3 Å². The summed E-state index contributed by atoms with van der Waals surface area (Å²) in [5.41, 5.74) is 5.29. The second kappa shape index (κ2) is 12.1. The van der Waals surface area contributed by atoms with E-state index in [-0.39, 0.29) is 24.8 Å². The molecule has 0 saturated heterocycles. The van der Waals surface area contributed by atoms with Crippen LogP contribution in [-0.4, -0.2) is 28.5 Å². The fraction of sp³-hybridized carbons (Fsp3) is 0.250. The number of benzene rings is 3. The van der Waals surface area contributed by atoms with E-state index in [0.717, 1.165) is 34.1 Å². The molecule has 2 aliphatic heterocycles. The quantitative estimate of drug-likeness (QED) is 0.202. The molecular weight excluding hydrogens is 605 g/mol. The highest BCUT2D eigenvalue weighted by atomic mass is 32.1. The van der Waals surface area contributed by atoms with Crippen LogP contribution in [0.15, 0.2) is 87.8 Å². The number of carbonyl (C=O) groups excluding carboxylic acids is 1. The highest BCUT2D eigenvalue weighted by molar-refractivity contribution is 7.07. The first-order valence-corrected chi connectivity index (χ1v) is 16.1. The van der Waals surface area contributed by atoms with Crippen LogP contribution >= 0.6 is 11.3 Å². The van der Waals surface area contributed by atoms with Gasteiger partial charge in [-0.3, -0.25) is 9.36 Å². The molecule has 1 atom stereocenters. The number of allylic oxidation sites excluding steroid dienone is 1. The monoisotopic (exact) mass is 637 g/mol. The SMILES string of the molecule is CCCC1=C(C(=O)OCC)[C@H](c2ccc3c(c2)OCO3)n2c(s/c(=C\c3c(C)n(Cc4ccc(F)cc4)c4ccccc34)c2=O)=N1. The average molecular weight is 638 g/mol. The topological polar surface area (TPSA) is 84.0 Å². The van der Waals surface area contributed by atoms with Crippen molar-refractivity contribution in [2.45, 2.75) is 46.2 Å². The maximum Gasteiger partial charge on any atom is 0.338 e. The average Bonchev–Trinajstić information content (AvgIpc) is 3.72. The van der Waals surface area contributed by atoms with Crippen LogP contribution in [0.1, 0.15) is 55.1 Å². The van der Waals surface area contributed by atoms with Crippen LogP contribution in [0.5, 0.6) is 11.5 Å². The fourth-order valence-corrected chi connectivity index (χ4v) is 7.27. The molecule has 2 aliphatic rings. The number of thiazole rings is 1. The Hall–Kier alpha value is -4.96. The van der Waals surface area contributed by atoms with E-state index in [1.54, 1.807) is 29.7 Å². The molecule has 0 fully saturated rings. The number of ether oxygens (including phenoxy) is 3. The van der Waals surface area contributed by atoms with Gasteiger partial charge >= 0.3 is 5.97 Å². The van der Waals surface area contributed by atoms with E-state index in [4.69, 9.17) is 19.2 Å². The number of halogens is 1. The van der Waals surface area contributed by atoms with Crippen molar-refractivity contribution in [3.63, 3.8) is 0 Å². The molecule has 0 spiro atoms. The molecule has 0 unspecified atom stereocenters. The third kappa shape index (κ3) is 5.12. The van der Waals surface area contributed by atoms with Crippen LogP contribution in [0.3, 0.4) is 0 Å². The standard InChI is InChI=1S/C36H32FN3O5S/c1-4-8-27-32(35(42)43-5-2)33(23-13-16-29-30(17-23)45-20-44-29)40-34(41)31(46-36(40)38-27)18-26-21(3)39(28-10-7-6-9-25(26)28)19-22-11-14-24(37)15-12-22/h6-7,9-18,33H,4-5,8,19-20H2,1-3H3/b31-18-/t33-/m0/s1. The predicted octanol–water partition coefficient (Wildman–Crippen LogP) is 5.76. The number of hydrogen-bond donors (Lipinski definition) is 0. The molecule has 46 heavy (non-hydrogen) atoms. The lowest BCUT2D eigenvalue weighted by Gasteiger charge is -2.25. The van der Waals surface area contributed by atoms with Gasteiger partial charge in [0.05, 0.1) is 28.5 Å². The minimum atomic E-state index is -0.755. The van der Waals surface area contributed by atoms with Gasteiger partial charge in [-0.2, -0.15) is 0 Å². The van der Waals surface area contributed by atoms with Crippen molar-refractivity contribution >= 4 is 34.3 Å². The smallest absolute Gasteiger partial charge is 0.338 e. The van der Waals surface area contributed by atoms with E-state index >= 15 is 0 Å². The van der Waals surface area contributed by atoms with E-state index < -0.39 is 12.0 Å². The number of carbonyl (C=O) groups is 1. The Balaban J connectivity index is 1.43. The number of hydrogen-bond acceptors (Lipinski definition) is 7. The van der Waals surface area contributed by atoms with Gasteiger partial charge in [0.25, 0.3) is 5.56 Å². The summed E-state index contributed by atoms with van der Waals surface area (Å²) < 4.78 is 34.6. The summed E-state index contributed by atoms with van der Waals surface area (Å²) in [5.74, 6) is 0.396. The number of fused-ring (bicyclic) bond motifs is 3. The molecule has 0 bridgehead atoms. The van der Waals surface area contributed by atoms with Gasteiger partial charge in [0, 0.05) is 28.7 Å². The van der Waals surface area contributed by atoms with Crippen molar-refractivity contribution in [2.24, 2.45) is 4.99 Å². The molecule has 0 N–H and O–H groups in total. The molecule has 8 nitrogen and oxygen atoms in total. The molecule has 4 heterocycles. The number of esters is 1. The third-order valence-corrected chi connectivity index (χ3v) is 9.40. The van der Waals surface area contributed by atoms with Gasteiger partial charge in [-0.1, -0.05) is 61.1 Å².